The van der Waals surface area contributed by atoms with Gasteiger partial charge in [-0.2, -0.15) is 0 Å². The van der Waals surface area contributed by atoms with Crippen LogP contribution in [0.5, 0.6) is 5.75 Å². The third kappa shape index (κ3) is 2.25. The van der Waals surface area contributed by atoms with E-state index in [9.17, 15) is 14.9 Å². The van der Waals surface area contributed by atoms with E-state index in [0.717, 1.165) is 0 Å². The Hall–Kier alpha value is -1.18. The van der Waals surface area contributed by atoms with Crippen molar-refractivity contribution in [1.82, 2.24) is 0 Å². The summed E-state index contributed by atoms with van der Waals surface area (Å²) >= 11 is 1.94. The first-order chi connectivity index (χ1) is 6.99. The van der Waals surface area contributed by atoms with Gasteiger partial charge in [-0.25, -0.2) is 0 Å². The molecule has 0 unspecified atom stereocenters. The largest absolute Gasteiger partial charge is 0.490 e. The monoisotopic (exact) mass is 321 g/mol. The molecule has 0 aliphatic heterocycles. The number of carbonyl (C=O) groups excluding carboxylic acids is 1. The molecule has 0 atom stereocenters. The minimum Gasteiger partial charge on any atom is -0.490 e. The molecule has 1 aromatic rings. The molecule has 0 amide bonds. The standard InChI is InChI=1S/C9H8INO4/c1-5(12)8-6(10)3-4-7(11(13)14)9(8)15-2/h3-4H,1-2H3. The number of hydrogen-bond acceptors (Lipinski definition) is 4. The number of ketones is 1. The van der Waals surface area contributed by atoms with Crippen molar-refractivity contribution in [3.8, 4) is 5.75 Å². The fraction of sp³-hybridized carbons (Fsp3) is 0.222. The summed E-state index contributed by atoms with van der Waals surface area (Å²) in [7, 11) is 1.31. The van der Waals surface area contributed by atoms with Crippen LogP contribution in [0.15, 0.2) is 12.1 Å². The summed E-state index contributed by atoms with van der Waals surface area (Å²) in [6, 6.07) is 2.85. The lowest BCUT2D eigenvalue weighted by Crippen LogP contribution is -2.04. The van der Waals surface area contributed by atoms with Crippen LogP contribution in [0.4, 0.5) is 5.69 Å². The van der Waals surface area contributed by atoms with Gasteiger partial charge in [-0.3, -0.25) is 14.9 Å². The highest BCUT2D eigenvalue weighted by Gasteiger charge is 2.23. The molecule has 1 aromatic carbocycles. The smallest absolute Gasteiger partial charge is 0.311 e. The molecular formula is C9H8INO4. The highest BCUT2D eigenvalue weighted by Crippen LogP contribution is 2.34. The molecule has 0 aromatic heterocycles. The lowest BCUT2D eigenvalue weighted by atomic mass is 10.1. The molecule has 0 fully saturated rings. The number of ether oxygens (including phenoxy) is 1. The number of nitro benzene ring substituents is 1. The van der Waals surface area contributed by atoms with Crippen LogP contribution in [0.2, 0.25) is 0 Å². The lowest BCUT2D eigenvalue weighted by molar-refractivity contribution is -0.385. The second kappa shape index (κ2) is 4.56. The van der Waals surface area contributed by atoms with Gasteiger partial charge >= 0.3 is 5.69 Å². The first-order valence-corrected chi connectivity index (χ1v) is 5.08. The zero-order valence-electron chi connectivity index (χ0n) is 8.11. The average molecular weight is 321 g/mol. The minimum atomic E-state index is -0.568. The van der Waals surface area contributed by atoms with Gasteiger partial charge < -0.3 is 4.74 Å². The number of rotatable bonds is 3. The maximum Gasteiger partial charge on any atom is 0.311 e. The van der Waals surface area contributed by atoms with E-state index in [1.165, 1.54) is 26.2 Å². The molecule has 0 heterocycles. The van der Waals surface area contributed by atoms with E-state index in [-0.39, 0.29) is 22.8 Å². The highest BCUT2D eigenvalue weighted by atomic mass is 127. The van der Waals surface area contributed by atoms with Gasteiger partial charge in [0.25, 0.3) is 0 Å². The summed E-state index contributed by atoms with van der Waals surface area (Å²) in [6.07, 6.45) is 0. The van der Waals surface area contributed by atoms with Crippen LogP contribution in [0.3, 0.4) is 0 Å². The average Bonchev–Trinajstić information content (AvgIpc) is 2.15. The molecule has 5 nitrogen and oxygen atoms in total. The first kappa shape index (κ1) is 11.9. The van der Waals surface area contributed by atoms with Crippen LogP contribution in [-0.4, -0.2) is 17.8 Å². The highest BCUT2D eigenvalue weighted by molar-refractivity contribution is 14.1. The molecule has 15 heavy (non-hydrogen) atoms. The second-order valence-electron chi connectivity index (χ2n) is 2.79. The van der Waals surface area contributed by atoms with E-state index in [0.29, 0.717) is 3.57 Å². The molecular weight excluding hydrogens is 313 g/mol. The third-order valence-corrected chi connectivity index (χ3v) is 2.74. The Kier molecular flexibility index (Phi) is 3.61. The van der Waals surface area contributed by atoms with E-state index >= 15 is 0 Å². The summed E-state index contributed by atoms with van der Waals surface area (Å²) in [5, 5.41) is 10.7. The van der Waals surface area contributed by atoms with Crippen molar-refractivity contribution in [3.05, 3.63) is 31.4 Å². The number of carbonyl (C=O) groups is 1. The fourth-order valence-electron chi connectivity index (χ4n) is 1.23. The number of Topliss-reactive ketones (excluding diaryl/α,β-unsaturated/α-hetero) is 1. The summed E-state index contributed by atoms with van der Waals surface area (Å²) < 4.78 is 5.55. The molecule has 0 radical (unpaired) electrons. The Morgan fingerprint density at radius 3 is 2.53 bits per heavy atom. The van der Waals surface area contributed by atoms with Crippen molar-refractivity contribution < 1.29 is 14.5 Å². The molecule has 0 aliphatic carbocycles. The number of benzene rings is 1. The lowest BCUT2D eigenvalue weighted by Gasteiger charge is -2.07. The molecule has 0 aliphatic rings. The van der Waals surface area contributed by atoms with E-state index in [1.807, 2.05) is 22.6 Å². The van der Waals surface area contributed by atoms with Crippen LogP contribution >= 0.6 is 22.6 Å². The zero-order valence-corrected chi connectivity index (χ0v) is 10.3. The van der Waals surface area contributed by atoms with Gasteiger partial charge in [0.05, 0.1) is 17.6 Å². The number of nitrogens with zero attached hydrogens (tertiary/aromatic N) is 1. The summed E-state index contributed by atoms with van der Waals surface area (Å²) in [6.45, 7) is 1.35. The van der Waals surface area contributed by atoms with Gasteiger partial charge in [-0.05, 0) is 35.6 Å². The van der Waals surface area contributed by atoms with E-state index in [1.54, 1.807) is 0 Å². The number of nitro groups is 1. The van der Waals surface area contributed by atoms with Crippen molar-refractivity contribution >= 4 is 34.1 Å². The summed E-state index contributed by atoms with van der Waals surface area (Å²) in [5.41, 5.74) is 0.0652. The van der Waals surface area contributed by atoms with Crippen molar-refractivity contribution in [1.29, 1.82) is 0 Å². The fourth-order valence-corrected chi connectivity index (χ4v) is 2.03. The van der Waals surface area contributed by atoms with Crippen LogP contribution in [0.1, 0.15) is 17.3 Å². The maximum absolute atomic E-state index is 11.3. The van der Waals surface area contributed by atoms with Gasteiger partial charge in [0.15, 0.2) is 5.78 Å². The third-order valence-electron chi connectivity index (χ3n) is 1.84. The van der Waals surface area contributed by atoms with Crippen LogP contribution in [0.25, 0.3) is 0 Å². The number of hydrogen-bond donors (Lipinski definition) is 0. The predicted molar refractivity (Wildman–Crippen MR) is 62.4 cm³/mol. The van der Waals surface area contributed by atoms with Crippen molar-refractivity contribution in [2.45, 2.75) is 6.92 Å². The number of halogens is 1. The SMILES string of the molecule is COc1c([N+](=O)[O-])ccc(I)c1C(C)=O. The topological polar surface area (TPSA) is 69.4 Å². The number of methoxy groups -OCH3 is 1. The Balaban J connectivity index is 3.54. The molecule has 1 rings (SSSR count). The molecule has 0 saturated carbocycles. The molecule has 80 valence electrons. The Bertz CT molecular complexity index is 430. The molecule has 0 bridgehead atoms. The second-order valence-corrected chi connectivity index (χ2v) is 3.95. The van der Waals surface area contributed by atoms with Gasteiger partial charge in [0.2, 0.25) is 5.75 Å². The van der Waals surface area contributed by atoms with Crippen LogP contribution < -0.4 is 4.74 Å². The van der Waals surface area contributed by atoms with E-state index in [4.69, 9.17) is 4.74 Å². The normalized spacial score (nSPS) is 9.80. The van der Waals surface area contributed by atoms with Crippen LogP contribution in [0, 0.1) is 13.7 Å². The van der Waals surface area contributed by atoms with E-state index in [2.05, 4.69) is 0 Å². The molecule has 0 spiro atoms. The van der Waals surface area contributed by atoms with Crippen molar-refractivity contribution in [3.63, 3.8) is 0 Å². The first-order valence-electron chi connectivity index (χ1n) is 4.00. The Labute approximate surface area is 99.7 Å². The summed E-state index contributed by atoms with van der Waals surface area (Å²) in [4.78, 5) is 21.4. The molecule has 6 heteroatoms. The van der Waals surface area contributed by atoms with Crippen molar-refractivity contribution in [2.24, 2.45) is 0 Å². The maximum atomic E-state index is 11.3. The zero-order chi connectivity index (χ0) is 11.6. The molecule has 0 N–H and O–H groups in total. The summed E-state index contributed by atoms with van der Waals surface area (Å²) in [5.74, 6) is -0.223. The molecule has 0 saturated heterocycles. The van der Waals surface area contributed by atoms with Gasteiger partial charge in [0, 0.05) is 9.64 Å². The van der Waals surface area contributed by atoms with Crippen molar-refractivity contribution in [2.75, 3.05) is 7.11 Å². The van der Waals surface area contributed by atoms with E-state index < -0.39 is 4.92 Å². The van der Waals surface area contributed by atoms with Gasteiger partial charge in [-0.15, -0.1) is 0 Å². The quantitative estimate of drug-likeness (QED) is 0.371. The van der Waals surface area contributed by atoms with Crippen LogP contribution in [-0.2, 0) is 0 Å². The Morgan fingerprint density at radius 2 is 2.13 bits per heavy atom. The Morgan fingerprint density at radius 1 is 1.53 bits per heavy atom. The van der Waals surface area contributed by atoms with Gasteiger partial charge in [0.1, 0.15) is 0 Å². The minimum absolute atomic E-state index is 0.0272. The van der Waals surface area contributed by atoms with Gasteiger partial charge in [-0.1, -0.05) is 0 Å². The predicted octanol–water partition coefficient (Wildman–Crippen LogP) is 2.41.